The number of piperidine rings is 2. The number of rotatable bonds is 4. The predicted octanol–water partition coefficient (Wildman–Crippen LogP) is 3.91. The van der Waals surface area contributed by atoms with E-state index in [1.54, 1.807) is 4.90 Å². The Morgan fingerprint density at radius 1 is 0.886 bits per heavy atom. The summed E-state index contributed by atoms with van der Waals surface area (Å²) in [4.78, 5) is 31.9. The van der Waals surface area contributed by atoms with Gasteiger partial charge in [0.2, 0.25) is 5.91 Å². The average molecular weight is 496 g/mol. The van der Waals surface area contributed by atoms with E-state index >= 15 is 0 Å². The molecule has 3 fully saturated rings. The van der Waals surface area contributed by atoms with Gasteiger partial charge in [-0.3, -0.25) is 14.5 Å². The third-order valence-electron chi connectivity index (χ3n) is 7.53. The van der Waals surface area contributed by atoms with Crippen molar-refractivity contribution in [3.63, 3.8) is 0 Å². The molecule has 2 amide bonds. The lowest BCUT2D eigenvalue weighted by atomic mass is 9.91. The van der Waals surface area contributed by atoms with Crippen molar-refractivity contribution in [1.82, 2.24) is 14.7 Å². The summed E-state index contributed by atoms with van der Waals surface area (Å²) < 4.78 is 44.1. The minimum atomic E-state index is -4.42. The number of hydrogen-bond acceptors (Lipinski definition) is 4. The smallest absolute Gasteiger partial charge is 0.373 e. The van der Waals surface area contributed by atoms with Crippen molar-refractivity contribution < 1.29 is 27.5 Å². The monoisotopic (exact) mass is 495 g/mol. The number of carbonyl (C=O) groups is 2. The van der Waals surface area contributed by atoms with Crippen LogP contribution in [0.2, 0.25) is 0 Å². The van der Waals surface area contributed by atoms with Gasteiger partial charge in [-0.1, -0.05) is 0 Å². The van der Waals surface area contributed by atoms with E-state index in [-0.39, 0.29) is 35.5 Å². The van der Waals surface area contributed by atoms with Crippen molar-refractivity contribution in [2.45, 2.75) is 57.9 Å². The van der Waals surface area contributed by atoms with Gasteiger partial charge in [-0.15, -0.1) is 0 Å². The number of benzene rings is 1. The van der Waals surface area contributed by atoms with E-state index in [0.29, 0.717) is 31.8 Å². The SMILES string of the molecule is CC1CN(CC2CCN(C(=O)C3CCN(C(=O)c4ccc(C(F)(F)F)cc4)CC3)CC2)CC(C)O1. The summed E-state index contributed by atoms with van der Waals surface area (Å²) in [6, 6.07) is 4.33. The van der Waals surface area contributed by atoms with Gasteiger partial charge in [-0.05, 0) is 69.7 Å². The fourth-order valence-electron chi connectivity index (χ4n) is 5.71. The maximum absolute atomic E-state index is 13.1. The van der Waals surface area contributed by atoms with E-state index in [9.17, 15) is 22.8 Å². The van der Waals surface area contributed by atoms with E-state index in [2.05, 4.69) is 18.7 Å². The molecule has 9 heteroatoms. The number of nitrogens with zero attached hydrogens (tertiary/aromatic N) is 3. The lowest BCUT2D eigenvalue weighted by Crippen LogP contribution is -2.50. The van der Waals surface area contributed by atoms with Crippen LogP contribution >= 0.6 is 0 Å². The number of hydrogen-bond donors (Lipinski definition) is 0. The molecule has 3 saturated heterocycles. The molecular formula is C26H36F3N3O3. The Morgan fingerprint density at radius 3 is 1.97 bits per heavy atom. The second-order valence-electron chi connectivity index (χ2n) is 10.4. The number of morpholine rings is 1. The minimum absolute atomic E-state index is 0.0934. The number of alkyl halides is 3. The van der Waals surface area contributed by atoms with Crippen LogP contribution in [0.15, 0.2) is 24.3 Å². The third kappa shape index (κ3) is 6.55. The van der Waals surface area contributed by atoms with E-state index < -0.39 is 11.7 Å². The molecule has 2 unspecified atom stereocenters. The molecular weight excluding hydrogens is 459 g/mol. The Morgan fingerprint density at radius 2 is 1.43 bits per heavy atom. The highest BCUT2D eigenvalue weighted by Gasteiger charge is 2.34. The van der Waals surface area contributed by atoms with Crippen LogP contribution in [-0.4, -0.2) is 84.5 Å². The van der Waals surface area contributed by atoms with Gasteiger partial charge in [-0.2, -0.15) is 13.2 Å². The van der Waals surface area contributed by atoms with E-state index in [1.165, 1.54) is 12.1 Å². The molecule has 0 spiro atoms. The molecule has 0 radical (unpaired) electrons. The Balaban J connectivity index is 1.21. The van der Waals surface area contributed by atoms with Gasteiger partial charge in [0.05, 0.1) is 17.8 Å². The van der Waals surface area contributed by atoms with Gasteiger partial charge in [0.15, 0.2) is 0 Å². The van der Waals surface area contributed by atoms with Crippen LogP contribution in [0, 0.1) is 11.8 Å². The van der Waals surface area contributed by atoms with Crippen molar-refractivity contribution in [1.29, 1.82) is 0 Å². The van der Waals surface area contributed by atoms with Crippen LogP contribution in [0.3, 0.4) is 0 Å². The number of carbonyl (C=O) groups excluding carboxylic acids is 2. The first-order valence-corrected chi connectivity index (χ1v) is 12.7. The van der Waals surface area contributed by atoms with Crippen LogP contribution in [0.25, 0.3) is 0 Å². The maximum Gasteiger partial charge on any atom is 0.416 e. The third-order valence-corrected chi connectivity index (χ3v) is 7.53. The number of halogens is 3. The summed E-state index contributed by atoms with van der Waals surface area (Å²) in [7, 11) is 0. The van der Waals surface area contributed by atoms with Crippen molar-refractivity contribution in [3.05, 3.63) is 35.4 Å². The molecule has 35 heavy (non-hydrogen) atoms. The summed E-state index contributed by atoms with van der Waals surface area (Å²) in [5.41, 5.74) is -0.523. The van der Waals surface area contributed by atoms with Gasteiger partial charge in [-0.25, -0.2) is 0 Å². The molecule has 3 aliphatic rings. The highest BCUT2D eigenvalue weighted by atomic mass is 19.4. The molecule has 0 saturated carbocycles. The second kappa shape index (κ2) is 10.9. The number of likely N-dealkylation sites (tertiary alicyclic amines) is 2. The van der Waals surface area contributed by atoms with Crippen LogP contribution in [0.4, 0.5) is 13.2 Å². The topological polar surface area (TPSA) is 53.1 Å². The molecule has 0 aliphatic carbocycles. The normalized spacial score (nSPS) is 25.6. The Labute approximate surface area is 205 Å². The molecule has 4 rings (SSSR count). The lowest BCUT2D eigenvalue weighted by Gasteiger charge is -2.40. The first kappa shape index (κ1) is 25.9. The average Bonchev–Trinajstić information content (AvgIpc) is 2.83. The van der Waals surface area contributed by atoms with Crippen molar-refractivity contribution in [2.24, 2.45) is 11.8 Å². The van der Waals surface area contributed by atoms with E-state index in [1.807, 2.05) is 4.90 Å². The molecule has 1 aromatic carbocycles. The van der Waals surface area contributed by atoms with Gasteiger partial charge in [0, 0.05) is 57.3 Å². The molecule has 0 N–H and O–H groups in total. The van der Waals surface area contributed by atoms with Crippen LogP contribution in [-0.2, 0) is 15.7 Å². The predicted molar refractivity (Wildman–Crippen MR) is 126 cm³/mol. The summed E-state index contributed by atoms with van der Waals surface area (Å²) in [5.74, 6) is 0.403. The highest BCUT2D eigenvalue weighted by molar-refractivity contribution is 5.94. The fraction of sp³-hybridized carbons (Fsp3) is 0.692. The quantitative estimate of drug-likeness (QED) is 0.636. The highest BCUT2D eigenvalue weighted by Crippen LogP contribution is 2.30. The summed E-state index contributed by atoms with van der Waals surface area (Å²) in [6.45, 7) is 9.68. The number of ether oxygens (including phenoxy) is 1. The molecule has 3 aliphatic heterocycles. The first-order chi connectivity index (χ1) is 16.6. The molecule has 194 valence electrons. The molecule has 0 aromatic heterocycles. The minimum Gasteiger partial charge on any atom is -0.373 e. The molecule has 3 heterocycles. The Kier molecular flexibility index (Phi) is 8.06. The second-order valence-corrected chi connectivity index (χ2v) is 10.4. The summed E-state index contributed by atoms with van der Waals surface area (Å²) in [6.07, 6.45) is -0.693. The Hall–Kier alpha value is -2.13. The summed E-state index contributed by atoms with van der Waals surface area (Å²) >= 11 is 0. The van der Waals surface area contributed by atoms with Gasteiger partial charge >= 0.3 is 6.18 Å². The van der Waals surface area contributed by atoms with Gasteiger partial charge in [0.25, 0.3) is 5.91 Å². The lowest BCUT2D eigenvalue weighted by molar-refractivity contribution is -0.139. The summed E-state index contributed by atoms with van der Waals surface area (Å²) in [5, 5.41) is 0. The van der Waals surface area contributed by atoms with Crippen LogP contribution < -0.4 is 0 Å². The molecule has 0 bridgehead atoms. The zero-order valence-electron chi connectivity index (χ0n) is 20.6. The van der Waals surface area contributed by atoms with Crippen LogP contribution in [0.5, 0.6) is 0 Å². The molecule has 2 atom stereocenters. The van der Waals surface area contributed by atoms with Crippen molar-refractivity contribution in [2.75, 3.05) is 45.8 Å². The number of amides is 2. The fourth-order valence-corrected chi connectivity index (χ4v) is 5.71. The maximum atomic E-state index is 13.1. The van der Waals surface area contributed by atoms with Crippen molar-refractivity contribution in [3.8, 4) is 0 Å². The van der Waals surface area contributed by atoms with E-state index in [4.69, 9.17) is 4.74 Å². The first-order valence-electron chi connectivity index (χ1n) is 12.7. The van der Waals surface area contributed by atoms with Gasteiger partial charge < -0.3 is 14.5 Å². The standard InChI is InChI=1S/C26H36F3N3O3/c1-18-15-30(16-19(2)35-18)17-20-7-11-31(12-8-20)25(34)22-9-13-32(14-10-22)24(33)21-3-5-23(6-4-21)26(27,28)29/h3-6,18-20,22H,7-17H2,1-2H3. The zero-order chi connectivity index (χ0) is 25.2. The zero-order valence-corrected chi connectivity index (χ0v) is 20.6. The Bertz CT molecular complexity index is 866. The molecule has 6 nitrogen and oxygen atoms in total. The van der Waals surface area contributed by atoms with Crippen molar-refractivity contribution >= 4 is 11.8 Å². The van der Waals surface area contributed by atoms with Gasteiger partial charge in [0.1, 0.15) is 0 Å². The van der Waals surface area contributed by atoms with E-state index in [0.717, 1.165) is 57.7 Å². The van der Waals surface area contributed by atoms with Crippen LogP contribution in [0.1, 0.15) is 55.5 Å². The largest absolute Gasteiger partial charge is 0.416 e. The molecule has 1 aromatic rings.